The maximum Gasteiger partial charge on any atom is 0.407 e. The summed E-state index contributed by atoms with van der Waals surface area (Å²) in [5.41, 5.74) is -1.07. The normalized spacial score (nSPS) is 13.0. The van der Waals surface area contributed by atoms with Crippen LogP contribution in [-0.4, -0.2) is 35.1 Å². The van der Waals surface area contributed by atoms with E-state index in [0.29, 0.717) is 12.2 Å². The van der Waals surface area contributed by atoms with Gasteiger partial charge in [0.15, 0.2) is 0 Å². The third-order valence-corrected chi connectivity index (χ3v) is 4.21. The molecule has 0 heterocycles. The lowest BCUT2D eigenvalue weighted by molar-refractivity contribution is -0.155. The van der Waals surface area contributed by atoms with Crippen molar-refractivity contribution in [3.8, 4) is 0 Å². The molecule has 0 aliphatic carbocycles. The summed E-state index contributed by atoms with van der Waals surface area (Å²) in [6.07, 6.45) is 0.265. The second kappa shape index (κ2) is 9.86. The molecular formula is C20H31NO4S. The minimum absolute atomic E-state index is 0.192. The van der Waals surface area contributed by atoms with Gasteiger partial charge in [0.1, 0.15) is 11.2 Å². The first kappa shape index (κ1) is 22.4. The summed E-state index contributed by atoms with van der Waals surface area (Å²) in [5, 5.41) is 2.87. The number of carbonyl (C=O) groups excluding carboxylic acids is 2. The molecule has 0 bridgehead atoms. The molecule has 5 nitrogen and oxygen atoms in total. The van der Waals surface area contributed by atoms with Gasteiger partial charge in [0, 0.05) is 23.1 Å². The third kappa shape index (κ3) is 11.0. The Hall–Kier alpha value is -1.69. The van der Waals surface area contributed by atoms with Crippen molar-refractivity contribution in [2.75, 3.05) is 5.75 Å². The Balaban J connectivity index is 2.62. The SMILES string of the molecule is CC(C)(C)OC(=O)CC[C@H](CSc1ccccc1)NC(=O)OC(C)(C)C. The van der Waals surface area contributed by atoms with Crippen LogP contribution in [0.1, 0.15) is 54.4 Å². The first-order valence-electron chi connectivity index (χ1n) is 8.84. The molecule has 0 unspecified atom stereocenters. The predicted molar refractivity (Wildman–Crippen MR) is 105 cm³/mol. The molecule has 26 heavy (non-hydrogen) atoms. The van der Waals surface area contributed by atoms with Crippen molar-refractivity contribution in [1.29, 1.82) is 0 Å². The summed E-state index contributed by atoms with van der Waals surface area (Å²) in [7, 11) is 0. The van der Waals surface area contributed by atoms with Crippen LogP contribution in [0.2, 0.25) is 0 Å². The van der Waals surface area contributed by atoms with Crippen LogP contribution in [-0.2, 0) is 14.3 Å². The van der Waals surface area contributed by atoms with Crippen LogP contribution >= 0.6 is 11.8 Å². The summed E-state index contributed by atoms with van der Waals surface area (Å²) in [6.45, 7) is 11.0. The van der Waals surface area contributed by atoms with Crippen molar-refractivity contribution in [2.24, 2.45) is 0 Å². The Morgan fingerprint density at radius 1 is 1.00 bits per heavy atom. The van der Waals surface area contributed by atoms with E-state index in [1.165, 1.54) is 0 Å². The third-order valence-electron chi connectivity index (χ3n) is 3.03. The number of benzene rings is 1. The summed E-state index contributed by atoms with van der Waals surface area (Å²) >= 11 is 1.63. The maximum atomic E-state index is 12.1. The first-order chi connectivity index (χ1) is 11.9. The molecular weight excluding hydrogens is 350 g/mol. The number of amides is 1. The minimum Gasteiger partial charge on any atom is -0.460 e. The standard InChI is InChI=1S/C20H31NO4S/c1-19(2,3)24-17(22)13-12-15(21-18(23)25-20(4,5)6)14-26-16-10-8-7-9-11-16/h7-11,15H,12-14H2,1-6H3,(H,21,23)/t15-/m1/s1. The highest BCUT2D eigenvalue weighted by molar-refractivity contribution is 7.99. The summed E-state index contributed by atoms with van der Waals surface area (Å²) in [5.74, 6) is 0.379. The molecule has 1 amide bonds. The zero-order valence-corrected chi connectivity index (χ0v) is 17.4. The van der Waals surface area contributed by atoms with Crippen molar-refractivity contribution in [3.63, 3.8) is 0 Å². The predicted octanol–water partition coefficient (Wildman–Crippen LogP) is 4.79. The second-order valence-corrected chi connectivity index (χ2v) is 9.19. The molecule has 0 radical (unpaired) electrons. The number of alkyl carbamates (subject to hydrolysis) is 1. The van der Waals surface area contributed by atoms with Crippen molar-refractivity contribution in [1.82, 2.24) is 5.32 Å². The van der Waals surface area contributed by atoms with E-state index in [9.17, 15) is 9.59 Å². The number of esters is 1. The quantitative estimate of drug-likeness (QED) is 0.543. The Kier molecular flexibility index (Phi) is 8.47. The smallest absolute Gasteiger partial charge is 0.407 e. The minimum atomic E-state index is -0.563. The van der Waals surface area contributed by atoms with Crippen LogP contribution < -0.4 is 5.32 Å². The van der Waals surface area contributed by atoms with E-state index in [1.807, 2.05) is 71.9 Å². The van der Waals surface area contributed by atoms with E-state index in [4.69, 9.17) is 9.47 Å². The molecule has 1 atom stereocenters. The number of hydrogen-bond acceptors (Lipinski definition) is 5. The van der Waals surface area contributed by atoms with E-state index in [0.717, 1.165) is 4.90 Å². The van der Waals surface area contributed by atoms with Gasteiger partial charge < -0.3 is 14.8 Å². The second-order valence-electron chi connectivity index (χ2n) is 8.09. The average Bonchev–Trinajstić information content (AvgIpc) is 2.47. The molecule has 6 heteroatoms. The Morgan fingerprint density at radius 3 is 2.12 bits per heavy atom. The van der Waals surface area contributed by atoms with Crippen LogP contribution in [0.3, 0.4) is 0 Å². The van der Waals surface area contributed by atoms with E-state index < -0.39 is 17.3 Å². The van der Waals surface area contributed by atoms with Crippen LogP contribution in [0.5, 0.6) is 0 Å². The van der Waals surface area contributed by atoms with E-state index in [-0.39, 0.29) is 18.4 Å². The monoisotopic (exact) mass is 381 g/mol. The molecule has 1 rings (SSSR count). The van der Waals surface area contributed by atoms with E-state index in [2.05, 4.69) is 5.32 Å². The average molecular weight is 382 g/mol. The number of ether oxygens (including phenoxy) is 2. The lowest BCUT2D eigenvalue weighted by Gasteiger charge is -2.24. The van der Waals surface area contributed by atoms with Crippen molar-refractivity contribution in [3.05, 3.63) is 30.3 Å². The van der Waals surface area contributed by atoms with Gasteiger partial charge in [-0.15, -0.1) is 11.8 Å². The number of rotatable bonds is 7. The maximum absolute atomic E-state index is 12.1. The number of nitrogens with one attached hydrogen (secondary N) is 1. The molecule has 146 valence electrons. The lowest BCUT2D eigenvalue weighted by atomic mass is 10.1. The zero-order chi connectivity index (χ0) is 19.8. The molecule has 0 saturated heterocycles. The van der Waals surface area contributed by atoms with Gasteiger partial charge in [-0.05, 0) is 60.1 Å². The van der Waals surface area contributed by atoms with E-state index in [1.54, 1.807) is 11.8 Å². The van der Waals surface area contributed by atoms with Crippen LogP contribution in [0, 0.1) is 0 Å². The fourth-order valence-electron chi connectivity index (χ4n) is 2.07. The van der Waals surface area contributed by atoms with Crippen LogP contribution in [0.15, 0.2) is 35.2 Å². The Labute approximate surface area is 161 Å². The van der Waals surface area contributed by atoms with Gasteiger partial charge in [-0.3, -0.25) is 4.79 Å². The van der Waals surface area contributed by atoms with Gasteiger partial charge in [0.2, 0.25) is 0 Å². The lowest BCUT2D eigenvalue weighted by Crippen LogP contribution is -2.41. The molecule has 0 spiro atoms. The molecule has 1 aromatic carbocycles. The highest BCUT2D eigenvalue weighted by atomic mass is 32.2. The van der Waals surface area contributed by atoms with Crippen molar-refractivity contribution in [2.45, 2.75) is 76.5 Å². The highest BCUT2D eigenvalue weighted by Gasteiger charge is 2.22. The van der Waals surface area contributed by atoms with Gasteiger partial charge >= 0.3 is 12.1 Å². The van der Waals surface area contributed by atoms with Crippen LogP contribution in [0.25, 0.3) is 0 Å². The first-order valence-corrected chi connectivity index (χ1v) is 9.82. The molecule has 0 aromatic heterocycles. The molecule has 1 aromatic rings. The topological polar surface area (TPSA) is 64.6 Å². The Morgan fingerprint density at radius 2 is 1.58 bits per heavy atom. The van der Waals surface area contributed by atoms with Gasteiger partial charge in [-0.2, -0.15) is 0 Å². The summed E-state index contributed by atoms with van der Waals surface area (Å²) < 4.78 is 10.7. The molecule has 0 aliphatic heterocycles. The molecule has 0 fully saturated rings. The van der Waals surface area contributed by atoms with Crippen LogP contribution in [0.4, 0.5) is 4.79 Å². The molecule has 0 aliphatic rings. The summed E-state index contributed by atoms with van der Waals surface area (Å²) in [4.78, 5) is 25.2. The molecule has 0 saturated carbocycles. The number of thioether (sulfide) groups is 1. The molecule has 1 N–H and O–H groups in total. The fourth-order valence-corrected chi connectivity index (χ4v) is 3.06. The van der Waals surface area contributed by atoms with Gasteiger partial charge in [0.25, 0.3) is 0 Å². The highest BCUT2D eigenvalue weighted by Crippen LogP contribution is 2.20. The van der Waals surface area contributed by atoms with Gasteiger partial charge in [-0.1, -0.05) is 18.2 Å². The van der Waals surface area contributed by atoms with Crippen molar-refractivity contribution >= 4 is 23.8 Å². The van der Waals surface area contributed by atoms with Gasteiger partial charge in [-0.25, -0.2) is 4.79 Å². The van der Waals surface area contributed by atoms with Crippen molar-refractivity contribution < 1.29 is 19.1 Å². The van der Waals surface area contributed by atoms with Gasteiger partial charge in [0.05, 0.1) is 0 Å². The number of hydrogen-bond donors (Lipinski definition) is 1. The summed E-state index contributed by atoms with van der Waals surface area (Å²) in [6, 6.07) is 9.75. The fraction of sp³-hybridized carbons (Fsp3) is 0.600. The zero-order valence-electron chi connectivity index (χ0n) is 16.6. The number of carbonyl (C=O) groups is 2. The van der Waals surface area contributed by atoms with E-state index >= 15 is 0 Å². The largest absolute Gasteiger partial charge is 0.460 e. The Bertz CT molecular complexity index is 576.